The fraction of sp³-hybridized carbons (Fsp3) is 0.935. The molecule has 112 heavy (non-hydrogen) atoms. The van der Waals surface area contributed by atoms with Gasteiger partial charge < -0.3 is 229 Å². The predicted octanol–water partition coefficient (Wildman–Crippen LogP) is -20.1. The summed E-state index contributed by atoms with van der Waals surface area (Å²) in [5, 5.41) is 286. The number of carbonyl (C=O) groups excluding carboxylic acids is 4. The molecule has 9 rings (SSSR count). The van der Waals surface area contributed by atoms with Crippen molar-refractivity contribution in [1.82, 2.24) is 21.3 Å². The molecule has 9 heterocycles. The summed E-state index contributed by atoms with van der Waals surface area (Å²) in [5.41, 5.74) is 0. The van der Waals surface area contributed by atoms with Crippen LogP contribution in [-0.4, -0.2) is 487 Å². The number of amides is 4. The van der Waals surface area contributed by atoms with Gasteiger partial charge >= 0.3 is 0 Å². The second-order valence-corrected chi connectivity index (χ2v) is 28.2. The molecule has 29 N–H and O–H groups in total. The highest BCUT2D eigenvalue weighted by Crippen LogP contribution is 2.40. The van der Waals surface area contributed by atoms with Gasteiger partial charge in [0.15, 0.2) is 56.6 Å². The molecule has 0 radical (unpaired) electrons. The van der Waals surface area contributed by atoms with E-state index in [9.17, 15) is 147 Å². The number of aliphatic hydroxyl groups excluding tert-OH is 25. The Morgan fingerprint density at radius 1 is 0.232 bits per heavy atom. The second kappa shape index (κ2) is 40.3. The van der Waals surface area contributed by atoms with E-state index < -0.39 is 359 Å². The van der Waals surface area contributed by atoms with Gasteiger partial charge in [-0.25, -0.2) is 0 Å². The highest BCUT2D eigenvalue weighted by atomic mass is 16.8. The predicted molar refractivity (Wildman–Crippen MR) is 343 cm³/mol. The molecule has 0 aromatic rings. The molecule has 45 atom stereocenters. The monoisotopic (exact) mass is 1640 g/mol. The average molecular weight is 1640 g/mol. The molecule has 0 aromatic heterocycles. The van der Waals surface area contributed by atoms with Gasteiger partial charge in [0, 0.05) is 27.7 Å². The zero-order valence-corrected chi connectivity index (χ0v) is 60.1. The fourth-order valence-electron chi connectivity index (χ4n) is 14.5. The Bertz CT molecular complexity index is 2970. The molecule has 0 spiro atoms. The Kier molecular flexibility index (Phi) is 33.1. The molecule has 9 aliphatic rings. The van der Waals surface area contributed by atoms with Crippen LogP contribution in [0, 0.1) is 0 Å². The molecule has 0 bridgehead atoms. The quantitative estimate of drug-likeness (QED) is 0.0331. The van der Waals surface area contributed by atoms with Crippen LogP contribution < -0.4 is 21.3 Å². The van der Waals surface area contributed by atoms with E-state index in [4.69, 9.17) is 80.5 Å². The van der Waals surface area contributed by atoms with E-state index in [1.807, 2.05) is 0 Å². The third kappa shape index (κ3) is 20.2. The summed E-state index contributed by atoms with van der Waals surface area (Å²) in [7, 11) is 0. The topological polar surface area (TPSA) is 779 Å². The molecule has 648 valence electrons. The van der Waals surface area contributed by atoms with E-state index in [0.29, 0.717) is 0 Å². The lowest BCUT2D eigenvalue weighted by molar-refractivity contribution is -0.399. The van der Waals surface area contributed by atoms with E-state index in [1.54, 1.807) is 0 Å². The SMILES string of the molecule is CC(=O)N[C@H]1[C@H](O[C@H]2[C@H](O)[C@@H](NC(C)=O)C(O)O[C@@H]2CO)O[C@H](CO)[C@@H](O[C@H]2O[C@H](CO[C@H]3O[C@H](CO)[C@@H](O)[C@H](O)[C@@H]3O[C@@H]3O[C@H](CO)[C@@H](O[C@@H]4O[C@H](CO)[C@H](O)[C@H](O)[C@H]4O)[C@H](O)[C@H]3NC(C)=O)[C@@H](O)[C@H](O[C@H]3O[C@H](CO)[C@@H](O)[C@H](O)[C@@H]3O[C@@H]3O[C@H](CO)[C@@H](O[C@@H]4O[C@H](CO)[C@H](O)[C@H](O)[C@H]4O)[C@H](O)[C@H]3NC(C)=O)[C@@H]2O)[C@@H]1O. The summed E-state index contributed by atoms with van der Waals surface area (Å²) >= 11 is 0. The van der Waals surface area contributed by atoms with Crippen LogP contribution in [0.3, 0.4) is 0 Å². The summed E-state index contributed by atoms with van der Waals surface area (Å²) in [4.78, 5) is 50.9. The average Bonchev–Trinajstić information content (AvgIpc) is 0.769. The number of rotatable bonds is 29. The molecule has 9 saturated heterocycles. The first-order valence-electron chi connectivity index (χ1n) is 35.6. The van der Waals surface area contributed by atoms with Crippen LogP contribution >= 0.6 is 0 Å². The van der Waals surface area contributed by atoms with E-state index in [2.05, 4.69) is 21.3 Å². The summed E-state index contributed by atoms with van der Waals surface area (Å²) in [6.07, 6.45) is -85.1. The fourth-order valence-corrected chi connectivity index (χ4v) is 14.5. The maximum absolute atomic E-state index is 13.0. The van der Waals surface area contributed by atoms with Crippen molar-refractivity contribution in [3.8, 4) is 0 Å². The Morgan fingerprint density at radius 3 is 0.830 bits per heavy atom. The van der Waals surface area contributed by atoms with E-state index >= 15 is 0 Å². The third-order valence-electron chi connectivity index (χ3n) is 20.4. The van der Waals surface area contributed by atoms with Gasteiger partial charge in [-0.15, -0.1) is 0 Å². The van der Waals surface area contributed by atoms with Crippen molar-refractivity contribution in [3.05, 3.63) is 0 Å². The van der Waals surface area contributed by atoms with Crippen molar-refractivity contribution in [2.45, 2.75) is 304 Å². The Labute approximate surface area is 634 Å². The van der Waals surface area contributed by atoms with Gasteiger partial charge in [-0.3, -0.25) is 19.2 Å². The van der Waals surface area contributed by atoms with Crippen molar-refractivity contribution in [2.24, 2.45) is 0 Å². The van der Waals surface area contributed by atoms with E-state index in [1.165, 1.54) is 0 Å². The van der Waals surface area contributed by atoms with Crippen molar-refractivity contribution >= 4 is 23.6 Å². The Balaban J connectivity index is 1.05. The summed E-state index contributed by atoms with van der Waals surface area (Å²) in [6.45, 7) is -6.01. The molecule has 1 unspecified atom stereocenters. The molecule has 50 heteroatoms. The normalized spacial score (nSPS) is 48.9. The van der Waals surface area contributed by atoms with Crippen molar-refractivity contribution < 1.29 is 227 Å². The summed E-state index contributed by atoms with van der Waals surface area (Å²) in [6, 6.07) is -7.42. The van der Waals surface area contributed by atoms with Gasteiger partial charge in [-0.2, -0.15) is 0 Å². The van der Waals surface area contributed by atoms with Crippen LogP contribution in [0.2, 0.25) is 0 Å². The summed E-state index contributed by atoms with van der Waals surface area (Å²) in [5.74, 6) is -3.62. The molecule has 50 nitrogen and oxygen atoms in total. The zero-order chi connectivity index (χ0) is 82.5. The van der Waals surface area contributed by atoms with Gasteiger partial charge in [-0.05, 0) is 0 Å². The maximum atomic E-state index is 13.0. The van der Waals surface area contributed by atoms with Crippen LogP contribution in [0.4, 0.5) is 0 Å². The largest absolute Gasteiger partial charge is 0.394 e. The van der Waals surface area contributed by atoms with Gasteiger partial charge in [0.1, 0.15) is 219 Å². The van der Waals surface area contributed by atoms with Gasteiger partial charge in [0.05, 0.1) is 59.5 Å². The molecule has 9 fully saturated rings. The van der Waals surface area contributed by atoms with Crippen LogP contribution in [0.15, 0.2) is 0 Å². The first kappa shape index (κ1) is 92.1. The van der Waals surface area contributed by atoms with Gasteiger partial charge in [0.25, 0.3) is 0 Å². The molecule has 0 saturated carbocycles. The first-order valence-corrected chi connectivity index (χ1v) is 35.6. The molecular weight excluding hydrogens is 1540 g/mol. The number of nitrogens with one attached hydrogen (secondary N) is 4. The van der Waals surface area contributed by atoms with Crippen LogP contribution in [-0.2, 0) is 99.7 Å². The lowest BCUT2D eigenvalue weighted by Gasteiger charge is -2.51. The number of carbonyl (C=O) groups is 4. The first-order chi connectivity index (χ1) is 53.0. The molecular formula is C62H104N4O46. The Hall–Kier alpha value is -3.80. The van der Waals surface area contributed by atoms with Gasteiger partial charge in [-0.1, -0.05) is 0 Å². The minimum absolute atomic E-state index is 0.788. The third-order valence-corrected chi connectivity index (χ3v) is 20.4. The second-order valence-electron chi connectivity index (χ2n) is 28.2. The van der Waals surface area contributed by atoms with E-state index in [0.717, 1.165) is 27.7 Å². The number of hydrogen-bond acceptors (Lipinski definition) is 46. The highest BCUT2D eigenvalue weighted by molar-refractivity contribution is 5.74. The number of aliphatic hydroxyl groups is 25. The number of hydrogen-bond donors (Lipinski definition) is 29. The zero-order valence-electron chi connectivity index (χ0n) is 60.1. The molecule has 0 aliphatic carbocycles. The molecule has 4 amide bonds. The van der Waals surface area contributed by atoms with Crippen molar-refractivity contribution in [2.75, 3.05) is 59.5 Å². The van der Waals surface area contributed by atoms with Crippen LogP contribution in [0.5, 0.6) is 0 Å². The van der Waals surface area contributed by atoms with Crippen molar-refractivity contribution in [3.63, 3.8) is 0 Å². The molecule has 0 aromatic carbocycles. The Morgan fingerprint density at radius 2 is 0.482 bits per heavy atom. The lowest BCUT2D eigenvalue weighted by Crippen LogP contribution is -2.71. The summed E-state index contributed by atoms with van der Waals surface area (Å²) < 4.78 is 101. The van der Waals surface area contributed by atoms with Gasteiger partial charge in [0.2, 0.25) is 23.6 Å². The minimum atomic E-state index is -2.57. The molecule has 9 aliphatic heterocycles. The maximum Gasteiger partial charge on any atom is 0.217 e. The van der Waals surface area contributed by atoms with Crippen molar-refractivity contribution in [1.29, 1.82) is 0 Å². The van der Waals surface area contributed by atoms with Crippen LogP contribution in [0.1, 0.15) is 27.7 Å². The minimum Gasteiger partial charge on any atom is -0.394 e. The lowest BCUT2D eigenvalue weighted by atomic mass is 9.93. The van der Waals surface area contributed by atoms with E-state index in [-0.39, 0.29) is 0 Å². The standard InChI is InChI=1S/C62H104N4O46/c1-14(75)63-27-36(84)47(22(9-71)97-54(27)95)106-55-28(64-15(2)76)37(85)50(25(12-74)102-55)109-60-46(94)51(110-62-53(43(91)34(82)21(8-70)101-62)112-57-30(66-17(4)78)39(87)49(24(11-73)104-57)108-59-45(93)41(89)32(80)19(6-68)99-59)35(83)26(105-60)13-96-61-52(42(90)33(81)20(7-69)100-61)111-56-29(65-16(3)77)38(86)48(23(10-72)103-56)107-58-44(92)40(88)31(79)18(5-67)98-58/h18-62,67-74,79-95H,5-13H2,1-4H3,(H,63,75)(H,64,76)(H,65,77)(H,66,78)/t18-,19-,20-,21-,22-,23-,24-,25-,26-,27-,28-,29-,30-,31+,32+,33-,34-,35-,36-,37-,38-,39-,40+,41+,42+,43+,44-,45-,46+,47-,48-,49-,50-,51+,52+,53+,54?,55+,56+,57+,58+,59+,60-,61+,62-/m1/s1. The van der Waals surface area contributed by atoms with Crippen LogP contribution in [0.25, 0.3) is 0 Å². The smallest absolute Gasteiger partial charge is 0.217 e. The highest BCUT2D eigenvalue weighted by Gasteiger charge is 2.61. The number of ether oxygens (including phenoxy) is 17.